The first kappa shape index (κ1) is 22.0. The van der Waals surface area contributed by atoms with Crippen LogP contribution in [0.4, 0.5) is 5.69 Å². The summed E-state index contributed by atoms with van der Waals surface area (Å²) in [5.74, 6) is 0.600. The second-order valence-corrected chi connectivity index (χ2v) is 5.89. The van der Waals surface area contributed by atoms with Crippen molar-refractivity contribution in [3.63, 3.8) is 0 Å². The van der Waals surface area contributed by atoms with Gasteiger partial charge in [-0.05, 0) is 62.5 Å². The summed E-state index contributed by atoms with van der Waals surface area (Å²) in [6, 6.07) is 7.87. The highest BCUT2D eigenvalue weighted by molar-refractivity contribution is 5.94. The van der Waals surface area contributed by atoms with Crippen molar-refractivity contribution in [1.29, 1.82) is 0 Å². The average molecular weight is 362 g/mol. The van der Waals surface area contributed by atoms with Crippen molar-refractivity contribution in [2.75, 3.05) is 38.1 Å². The van der Waals surface area contributed by atoms with Crippen LogP contribution >= 0.6 is 24.8 Å². The molecule has 1 aliphatic heterocycles. The van der Waals surface area contributed by atoms with E-state index in [0.29, 0.717) is 5.92 Å². The van der Waals surface area contributed by atoms with Gasteiger partial charge in [-0.2, -0.15) is 0 Å². The van der Waals surface area contributed by atoms with Gasteiger partial charge in [0, 0.05) is 31.4 Å². The number of piperidine rings is 1. The summed E-state index contributed by atoms with van der Waals surface area (Å²) < 4.78 is 0. The van der Waals surface area contributed by atoms with Crippen LogP contribution in [-0.2, 0) is 0 Å². The summed E-state index contributed by atoms with van der Waals surface area (Å²) in [6.45, 7) is 6.08. The third-order valence-corrected chi connectivity index (χ3v) is 4.08. The van der Waals surface area contributed by atoms with Gasteiger partial charge in [-0.15, -0.1) is 24.8 Å². The van der Waals surface area contributed by atoms with E-state index in [1.54, 1.807) is 0 Å². The molecule has 1 atom stereocenters. The summed E-state index contributed by atoms with van der Waals surface area (Å²) in [5.41, 5.74) is 1.90. The Kier molecular flexibility index (Phi) is 11.1. The number of hydrogen-bond donors (Lipinski definition) is 2. The average Bonchev–Trinajstić information content (AvgIpc) is 2.54. The monoisotopic (exact) mass is 361 g/mol. The fraction of sp³-hybridized carbons (Fsp3) is 0.588. The smallest absolute Gasteiger partial charge is 0.251 e. The molecule has 1 fully saturated rings. The Morgan fingerprint density at radius 1 is 1.30 bits per heavy atom. The molecule has 0 radical (unpaired) electrons. The van der Waals surface area contributed by atoms with Gasteiger partial charge in [-0.3, -0.25) is 4.79 Å². The number of anilines is 1. The summed E-state index contributed by atoms with van der Waals surface area (Å²) in [6.07, 6.45) is 3.53. The maximum Gasteiger partial charge on any atom is 0.251 e. The lowest BCUT2D eigenvalue weighted by Crippen LogP contribution is -2.38. The molecule has 1 saturated heterocycles. The second-order valence-electron chi connectivity index (χ2n) is 5.89. The third-order valence-electron chi connectivity index (χ3n) is 4.08. The lowest BCUT2D eigenvalue weighted by Gasteiger charge is -2.23. The first-order valence-corrected chi connectivity index (χ1v) is 8.01. The van der Waals surface area contributed by atoms with Crippen LogP contribution in [0.1, 0.15) is 36.5 Å². The molecule has 1 heterocycles. The molecule has 0 spiro atoms. The molecule has 1 amide bonds. The molecule has 1 aromatic rings. The minimum absolute atomic E-state index is 0. The Balaban J connectivity index is 0.00000242. The van der Waals surface area contributed by atoms with Gasteiger partial charge in [-0.25, -0.2) is 0 Å². The maximum absolute atomic E-state index is 12.1. The topological polar surface area (TPSA) is 44.4 Å². The Morgan fingerprint density at radius 3 is 2.57 bits per heavy atom. The zero-order valence-corrected chi connectivity index (χ0v) is 15.6. The summed E-state index contributed by atoms with van der Waals surface area (Å²) in [5, 5.41) is 6.42. The Morgan fingerprint density at radius 2 is 2.00 bits per heavy atom. The van der Waals surface area contributed by atoms with Crippen molar-refractivity contribution in [1.82, 2.24) is 10.6 Å². The van der Waals surface area contributed by atoms with Crippen molar-refractivity contribution in [3.05, 3.63) is 29.8 Å². The van der Waals surface area contributed by atoms with Gasteiger partial charge in [0.2, 0.25) is 0 Å². The van der Waals surface area contributed by atoms with E-state index in [4.69, 9.17) is 0 Å². The molecule has 132 valence electrons. The lowest BCUT2D eigenvalue weighted by molar-refractivity contribution is 0.0945. The van der Waals surface area contributed by atoms with Gasteiger partial charge < -0.3 is 15.5 Å². The fourth-order valence-electron chi connectivity index (χ4n) is 2.77. The Hall–Kier alpha value is -0.970. The van der Waals surface area contributed by atoms with Crippen molar-refractivity contribution >= 4 is 36.4 Å². The number of hydrogen-bond acceptors (Lipinski definition) is 3. The molecule has 0 bridgehead atoms. The van der Waals surface area contributed by atoms with E-state index in [1.165, 1.54) is 12.8 Å². The van der Waals surface area contributed by atoms with Gasteiger partial charge in [0.15, 0.2) is 0 Å². The maximum atomic E-state index is 12.1. The number of carbonyl (C=O) groups excluding carboxylic acids is 1. The third kappa shape index (κ3) is 6.98. The summed E-state index contributed by atoms with van der Waals surface area (Å²) in [7, 11) is 2.08. The van der Waals surface area contributed by atoms with Crippen molar-refractivity contribution in [2.24, 2.45) is 5.92 Å². The lowest BCUT2D eigenvalue weighted by atomic mass is 9.99. The zero-order chi connectivity index (χ0) is 15.1. The van der Waals surface area contributed by atoms with Crippen LogP contribution in [0, 0.1) is 5.92 Å². The number of benzene rings is 1. The molecular weight excluding hydrogens is 333 g/mol. The van der Waals surface area contributed by atoms with E-state index in [1.807, 2.05) is 24.3 Å². The number of carbonyl (C=O) groups is 1. The van der Waals surface area contributed by atoms with Gasteiger partial charge >= 0.3 is 0 Å². The van der Waals surface area contributed by atoms with Crippen LogP contribution in [0.15, 0.2) is 24.3 Å². The van der Waals surface area contributed by atoms with Crippen LogP contribution in [0.2, 0.25) is 0 Å². The molecule has 6 heteroatoms. The van der Waals surface area contributed by atoms with E-state index < -0.39 is 0 Å². The van der Waals surface area contributed by atoms with Crippen molar-refractivity contribution in [2.45, 2.75) is 26.2 Å². The SMILES string of the molecule is CCCN(C)c1ccc(C(=O)NCC2CCCNC2)cc1.Cl.Cl. The van der Waals surface area contributed by atoms with Gasteiger partial charge in [-0.1, -0.05) is 6.92 Å². The van der Waals surface area contributed by atoms with Crippen LogP contribution in [0.3, 0.4) is 0 Å². The molecule has 0 aromatic heterocycles. The van der Waals surface area contributed by atoms with E-state index in [-0.39, 0.29) is 30.7 Å². The predicted molar refractivity (Wildman–Crippen MR) is 102 cm³/mol. The first-order chi connectivity index (χ1) is 10.2. The molecule has 4 nitrogen and oxygen atoms in total. The number of rotatable bonds is 6. The largest absolute Gasteiger partial charge is 0.375 e. The molecule has 2 N–H and O–H groups in total. The minimum atomic E-state index is 0. The Labute approximate surface area is 152 Å². The van der Waals surface area contributed by atoms with Crippen LogP contribution in [0.25, 0.3) is 0 Å². The zero-order valence-electron chi connectivity index (χ0n) is 14.0. The van der Waals surface area contributed by atoms with Gasteiger partial charge in [0.25, 0.3) is 5.91 Å². The van der Waals surface area contributed by atoms with Gasteiger partial charge in [0.05, 0.1) is 0 Å². The molecule has 0 saturated carbocycles. The van der Waals surface area contributed by atoms with Crippen LogP contribution in [0.5, 0.6) is 0 Å². The van der Waals surface area contributed by atoms with Crippen molar-refractivity contribution < 1.29 is 4.79 Å². The van der Waals surface area contributed by atoms with E-state index in [2.05, 4.69) is 29.5 Å². The highest BCUT2D eigenvalue weighted by Gasteiger charge is 2.14. The molecule has 1 aliphatic rings. The molecular formula is C17H29Cl2N3O. The normalized spacial score (nSPS) is 16.7. The number of amides is 1. The number of nitrogens with zero attached hydrogens (tertiary/aromatic N) is 1. The standard InChI is InChI=1S/C17H27N3O.2ClH/c1-3-11-20(2)16-8-6-15(7-9-16)17(21)19-13-14-5-4-10-18-12-14;;/h6-9,14,18H,3-5,10-13H2,1-2H3,(H,19,21);2*1H. The van der Waals surface area contributed by atoms with Crippen LogP contribution in [-0.4, -0.2) is 39.1 Å². The molecule has 0 aliphatic carbocycles. The summed E-state index contributed by atoms with van der Waals surface area (Å²) >= 11 is 0. The summed E-state index contributed by atoms with van der Waals surface area (Å²) in [4.78, 5) is 14.4. The highest BCUT2D eigenvalue weighted by atomic mass is 35.5. The number of halogens is 2. The van der Waals surface area contributed by atoms with E-state index in [9.17, 15) is 4.79 Å². The van der Waals surface area contributed by atoms with Crippen molar-refractivity contribution in [3.8, 4) is 0 Å². The van der Waals surface area contributed by atoms with Gasteiger partial charge in [0.1, 0.15) is 0 Å². The fourth-order valence-corrected chi connectivity index (χ4v) is 2.77. The highest BCUT2D eigenvalue weighted by Crippen LogP contribution is 2.14. The Bertz CT molecular complexity index is 448. The van der Waals surface area contributed by atoms with E-state index >= 15 is 0 Å². The predicted octanol–water partition coefficient (Wildman–Crippen LogP) is 3.11. The molecule has 1 unspecified atom stereocenters. The first-order valence-electron chi connectivity index (χ1n) is 8.01. The molecule has 2 rings (SSSR count). The number of nitrogens with one attached hydrogen (secondary N) is 2. The minimum Gasteiger partial charge on any atom is -0.375 e. The molecule has 1 aromatic carbocycles. The quantitative estimate of drug-likeness (QED) is 0.817. The van der Waals surface area contributed by atoms with E-state index in [0.717, 1.165) is 43.9 Å². The molecule has 23 heavy (non-hydrogen) atoms. The second kappa shape index (κ2) is 11.5. The van der Waals surface area contributed by atoms with Crippen LogP contribution < -0.4 is 15.5 Å².